The lowest BCUT2D eigenvalue weighted by molar-refractivity contribution is -0.145. The normalized spacial score (nSPS) is 12.7. The number of aryl methyl sites for hydroxylation is 1. The molecule has 2 amide bonds. The van der Waals surface area contributed by atoms with Crippen molar-refractivity contribution in [1.29, 1.82) is 0 Å². The fourth-order valence-electron chi connectivity index (χ4n) is 5.35. The Labute approximate surface area is 286 Å². The molecule has 0 saturated carbocycles. The number of nitrogens with zero attached hydrogens (tertiary/aromatic N) is 4. The van der Waals surface area contributed by atoms with E-state index in [4.69, 9.17) is 32.9 Å². The molecular formula is C35H32Cl2N6O3S. The van der Waals surface area contributed by atoms with Gasteiger partial charge in [0.1, 0.15) is 18.2 Å². The summed E-state index contributed by atoms with van der Waals surface area (Å²) in [5, 5.41) is 16.8. The summed E-state index contributed by atoms with van der Waals surface area (Å²) in [5.41, 5.74) is 3.85. The highest BCUT2D eigenvalue weighted by molar-refractivity contribution is 7.15. The number of thiophene rings is 1. The van der Waals surface area contributed by atoms with Crippen LogP contribution in [-0.2, 0) is 29.1 Å². The molecule has 1 atom stereocenters. The van der Waals surface area contributed by atoms with Gasteiger partial charge in [-0.2, -0.15) is 0 Å². The number of rotatable bonds is 11. The van der Waals surface area contributed by atoms with E-state index in [1.54, 1.807) is 35.6 Å². The molecule has 3 aromatic carbocycles. The van der Waals surface area contributed by atoms with Crippen LogP contribution in [0.5, 0.6) is 0 Å². The van der Waals surface area contributed by atoms with Gasteiger partial charge in [-0.25, -0.2) is 4.79 Å². The molecule has 2 N–H and O–H groups in total. The lowest BCUT2D eigenvalue weighted by Gasteiger charge is -2.20. The number of nitrogens with one attached hydrogen (secondary N) is 2. The van der Waals surface area contributed by atoms with Gasteiger partial charge in [-0.1, -0.05) is 97.2 Å². The number of benzene rings is 3. The van der Waals surface area contributed by atoms with Crippen molar-refractivity contribution >= 4 is 57.9 Å². The largest absolute Gasteiger partial charge is 0.461 e. The zero-order valence-electron chi connectivity index (χ0n) is 25.6. The SMILES string of the molecule is CCCc1cc2c(s1)-n1c(nnc1[C@@H](CCC(=O)OCc1ccccc1)NC(=O)Nc1ccccc1Cl)CN=C2c1ccccc1Cl. The molecule has 0 bridgehead atoms. The minimum Gasteiger partial charge on any atom is -0.461 e. The average molecular weight is 688 g/mol. The maximum Gasteiger partial charge on any atom is 0.319 e. The molecule has 12 heteroatoms. The first kappa shape index (κ1) is 32.4. The number of anilines is 1. The van der Waals surface area contributed by atoms with E-state index >= 15 is 0 Å². The van der Waals surface area contributed by atoms with Gasteiger partial charge >= 0.3 is 12.0 Å². The van der Waals surface area contributed by atoms with Crippen LogP contribution in [-0.4, -0.2) is 32.5 Å². The van der Waals surface area contributed by atoms with Crippen molar-refractivity contribution in [3.63, 3.8) is 0 Å². The first-order valence-corrected chi connectivity index (χ1v) is 16.9. The lowest BCUT2D eigenvalue weighted by Crippen LogP contribution is -2.34. The summed E-state index contributed by atoms with van der Waals surface area (Å²) in [4.78, 5) is 32.4. The number of esters is 1. The summed E-state index contributed by atoms with van der Waals surface area (Å²) in [5.74, 6) is 0.694. The second kappa shape index (κ2) is 14.9. The maximum absolute atomic E-state index is 13.4. The molecular weight excluding hydrogens is 655 g/mol. The monoisotopic (exact) mass is 686 g/mol. The van der Waals surface area contributed by atoms with Crippen molar-refractivity contribution < 1.29 is 14.3 Å². The Morgan fingerprint density at radius 3 is 2.47 bits per heavy atom. The van der Waals surface area contributed by atoms with Crippen molar-refractivity contribution in [3.8, 4) is 5.00 Å². The van der Waals surface area contributed by atoms with Gasteiger partial charge in [0.2, 0.25) is 0 Å². The Bertz CT molecular complexity index is 1920. The van der Waals surface area contributed by atoms with Crippen molar-refractivity contribution in [2.24, 2.45) is 4.99 Å². The molecule has 0 saturated heterocycles. The number of carbonyl (C=O) groups is 2. The van der Waals surface area contributed by atoms with Crippen LogP contribution in [0.15, 0.2) is 89.9 Å². The van der Waals surface area contributed by atoms with Crippen LogP contribution in [0.2, 0.25) is 10.0 Å². The molecule has 9 nitrogen and oxygen atoms in total. The van der Waals surface area contributed by atoms with Crippen LogP contribution in [0.3, 0.4) is 0 Å². The van der Waals surface area contributed by atoms with E-state index < -0.39 is 18.0 Å². The van der Waals surface area contributed by atoms with Crippen molar-refractivity contribution in [2.45, 2.75) is 51.8 Å². The zero-order chi connectivity index (χ0) is 32.8. The van der Waals surface area contributed by atoms with Gasteiger partial charge in [-0.15, -0.1) is 21.5 Å². The summed E-state index contributed by atoms with van der Waals surface area (Å²) in [6.45, 7) is 2.54. The number of urea groups is 1. The van der Waals surface area contributed by atoms with Gasteiger partial charge in [-0.3, -0.25) is 14.4 Å². The van der Waals surface area contributed by atoms with Crippen LogP contribution in [0.25, 0.3) is 5.00 Å². The molecule has 3 heterocycles. The smallest absolute Gasteiger partial charge is 0.319 e. The molecule has 2 aromatic heterocycles. The van der Waals surface area contributed by atoms with E-state index in [2.05, 4.69) is 33.8 Å². The molecule has 0 fully saturated rings. The van der Waals surface area contributed by atoms with E-state index in [0.717, 1.165) is 40.2 Å². The quantitative estimate of drug-likeness (QED) is 0.136. The second-order valence-electron chi connectivity index (χ2n) is 11.0. The molecule has 6 rings (SSSR count). The van der Waals surface area contributed by atoms with Crippen LogP contribution < -0.4 is 10.6 Å². The fraction of sp³-hybridized carbons (Fsp3) is 0.229. The van der Waals surface area contributed by atoms with Crippen molar-refractivity contribution in [2.75, 3.05) is 5.32 Å². The van der Waals surface area contributed by atoms with Crippen LogP contribution in [0, 0.1) is 0 Å². The van der Waals surface area contributed by atoms with Gasteiger partial charge in [0.05, 0.1) is 22.5 Å². The molecule has 1 aliphatic rings. The number of carbonyl (C=O) groups excluding carboxylic acids is 2. The first-order valence-electron chi connectivity index (χ1n) is 15.3. The number of fused-ring (bicyclic) bond motifs is 3. The number of halogens is 2. The Morgan fingerprint density at radius 2 is 1.70 bits per heavy atom. The number of ether oxygens (including phenoxy) is 1. The number of aromatic nitrogens is 3. The lowest BCUT2D eigenvalue weighted by atomic mass is 10.0. The van der Waals surface area contributed by atoms with E-state index in [9.17, 15) is 9.59 Å². The fourth-order valence-corrected chi connectivity index (χ4v) is 7.05. The molecule has 1 aliphatic heterocycles. The molecule has 240 valence electrons. The molecule has 0 aliphatic carbocycles. The topological polar surface area (TPSA) is 111 Å². The third kappa shape index (κ3) is 7.56. The number of aliphatic imine (C=N–C) groups is 1. The minimum atomic E-state index is -0.713. The molecule has 47 heavy (non-hydrogen) atoms. The van der Waals surface area contributed by atoms with Crippen LogP contribution >= 0.6 is 34.5 Å². The summed E-state index contributed by atoms with van der Waals surface area (Å²) in [6.07, 6.45) is 2.10. The van der Waals surface area contributed by atoms with E-state index in [1.165, 1.54) is 4.88 Å². The standard InChI is InChI=1S/C35H32Cl2N6O3S/c1-2-10-23-19-25-32(24-13-6-7-14-26(24)36)38-20-30-41-42-33(43(30)34(25)47-23)29(40-35(45)39-28-16-9-8-15-27(28)37)17-18-31(44)46-21-22-11-4-3-5-12-22/h3-9,11-16,19,29H,2,10,17-18,20-21H2,1H3,(H2,39,40,45)/t29-/m1/s1. The summed E-state index contributed by atoms with van der Waals surface area (Å²) in [7, 11) is 0. The van der Waals surface area contributed by atoms with Gasteiger partial charge in [0.15, 0.2) is 11.6 Å². The Kier molecular flexibility index (Phi) is 10.3. The second-order valence-corrected chi connectivity index (χ2v) is 12.9. The summed E-state index contributed by atoms with van der Waals surface area (Å²) in [6, 6.07) is 25.0. The van der Waals surface area contributed by atoms with Gasteiger partial charge in [0, 0.05) is 27.4 Å². The third-order valence-corrected chi connectivity index (χ3v) is 9.44. The van der Waals surface area contributed by atoms with E-state index in [0.29, 0.717) is 27.4 Å². The van der Waals surface area contributed by atoms with Gasteiger partial charge in [0.25, 0.3) is 0 Å². The molecule has 0 radical (unpaired) electrons. The highest BCUT2D eigenvalue weighted by Gasteiger charge is 2.30. The van der Waals surface area contributed by atoms with E-state index in [-0.39, 0.29) is 26.0 Å². The molecule has 0 spiro atoms. The number of hydrogen-bond donors (Lipinski definition) is 2. The Balaban J connectivity index is 1.33. The van der Waals surface area contributed by atoms with Crippen molar-refractivity contribution in [1.82, 2.24) is 20.1 Å². The Hall–Kier alpha value is -4.51. The van der Waals surface area contributed by atoms with Gasteiger partial charge in [-0.05, 0) is 42.7 Å². The average Bonchev–Trinajstić information content (AvgIpc) is 3.65. The molecule has 0 unspecified atom stereocenters. The summed E-state index contributed by atoms with van der Waals surface area (Å²) >= 11 is 14.6. The van der Waals surface area contributed by atoms with Crippen LogP contribution in [0.1, 0.15) is 65.4 Å². The number of para-hydroxylation sites is 1. The maximum atomic E-state index is 13.4. The highest BCUT2D eigenvalue weighted by Crippen LogP contribution is 2.36. The van der Waals surface area contributed by atoms with Crippen LogP contribution in [0.4, 0.5) is 10.5 Å². The first-order chi connectivity index (χ1) is 22.9. The third-order valence-electron chi connectivity index (χ3n) is 7.60. The predicted octanol–water partition coefficient (Wildman–Crippen LogP) is 8.33. The zero-order valence-corrected chi connectivity index (χ0v) is 27.9. The predicted molar refractivity (Wildman–Crippen MR) is 186 cm³/mol. The number of hydrogen-bond acceptors (Lipinski definition) is 7. The Morgan fingerprint density at radius 1 is 0.957 bits per heavy atom. The van der Waals surface area contributed by atoms with Crippen molar-refractivity contribution in [3.05, 3.63) is 128 Å². The minimum absolute atomic E-state index is 0.0336. The van der Waals surface area contributed by atoms with E-state index in [1.807, 2.05) is 59.2 Å². The molecule has 5 aromatic rings. The van der Waals surface area contributed by atoms with Gasteiger partial charge < -0.3 is 15.4 Å². The highest BCUT2D eigenvalue weighted by atomic mass is 35.5. The summed E-state index contributed by atoms with van der Waals surface area (Å²) < 4.78 is 7.51. The number of amides is 2.